The first-order chi connectivity index (χ1) is 9.99. The molecule has 0 aliphatic carbocycles. The van der Waals surface area contributed by atoms with Crippen molar-refractivity contribution in [2.45, 2.75) is 20.8 Å². The highest BCUT2D eigenvalue weighted by molar-refractivity contribution is 6.32. The van der Waals surface area contributed by atoms with E-state index in [1.165, 1.54) is 0 Å². The molecule has 2 aromatic rings. The number of halogens is 1. The topological polar surface area (TPSA) is 64.1 Å². The summed E-state index contributed by atoms with van der Waals surface area (Å²) in [5.74, 6) is 0.519. The van der Waals surface area contributed by atoms with Crippen molar-refractivity contribution in [3.05, 3.63) is 46.2 Å². The van der Waals surface area contributed by atoms with Crippen molar-refractivity contribution in [2.24, 2.45) is 0 Å². The second kappa shape index (κ2) is 6.54. The summed E-state index contributed by atoms with van der Waals surface area (Å²) in [4.78, 5) is 20.5. The van der Waals surface area contributed by atoms with Gasteiger partial charge in [0.25, 0.3) is 5.91 Å². The molecule has 5 nitrogen and oxygen atoms in total. The minimum Gasteiger partial charge on any atom is -0.492 e. The van der Waals surface area contributed by atoms with Crippen LogP contribution in [0.15, 0.2) is 24.3 Å². The number of hydrogen-bond acceptors (Lipinski definition) is 4. The van der Waals surface area contributed by atoms with Gasteiger partial charge in [-0.05, 0) is 45.0 Å². The molecule has 0 saturated heterocycles. The molecule has 110 valence electrons. The maximum atomic E-state index is 12.2. The molecule has 21 heavy (non-hydrogen) atoms. The molecule has 1 heterocycles. The summed E-state index contributed by atoms with van der Waals surface area (Å²) in [6.45, 7) is 6.08. The quantitative estimate of drug-likeness (QED) is 0.940. The van der Waals surface area contributed by atoms with Gasteiger partial charge in [-0.3, -0.25) is 10.1 Å². The van der Waals surface area contributed by atoms with Crippen LogP contribution in [0.4, 0.5) is 5.95 Å². The van der Waals surface area contributed by atoms with Gasteiger partial charge in [0, 0.05) is 17.0 Å². The Morgan fingerprint density at radius 2 is 1.90 bits per heavy atom. The Bertz CT molecular complexity index is 654. The molecule has 0 atom stereocenters. The van der Waals surface area contributed by atoms with Crippen LogP contribution in [0, 0.1) is 13.8 Å². The normalized spacial score (nSPS) is 10.3. The summed E-state index contributed by atoms with van der Waals surface area (Å²) < 4.78 is 5.33. The van der Waals surface area contributed by atoms with Crippen LogP contribution >= 0.6 is 11.6 Å². The van der Waals surface area contributed by atoms with Gasteiger partial charge in [0.1, 0.15) is 5.75 Å². The van der Waals surface area contributed by atoms with E-state index in [-0.39, 0.29) is 11.9 Å². The van der Waals surface area contributed by atoms with Crippen LogP contribution in [0.2, 0.25) is 5.02 Å². The molecule has 1 N–H and O–H groups in total. The van der Waals surface area contributed by atoms with Crippen molar-refractivity contribution >= 4 is 23.5 Å². The summed E-state index contributed by atoms with van der Waals surface area (Å²) in [7, 11) is 0. The number of benzene rings is 1. The largest absolute Gasteiger partial charge is 0.492 e. The molecule has 1 aromatic heterocycles. The Labute approximate surface area is 128 Å². The van der Waals surface area contributed by atoms with E-state index >= 15 is 0 Å². The number of aromatic nitrogens is 2. The molecule has 6 heteroatoms. The van der Waals surface area contributed by atoms with Gasteiger partial charge in [0.2, 0.25) is 5.95 Å². The molecule has 0 fully saturated rings. The zero-order valence-corrected chi connectivity index (χ0v) is 12.9. The molecule has 0 spiro atoms. The highest BCUT2D eigenvalue weighted by Crippen LogP contribution is 2.25. The fraction of sp³-hybridized carbons (Fsp3) is 0.267. The summed E-state index contributed by atoms with van der Waals surface area (Å²) in [6, 6.07) is 6.71. The molecule has 0 bridgehead atoms. The van der Waals surface area contributed by atoms with Crippen LogP contribution in [0.3, 0.4) is 0 Å². The predicted octanol–water partition coefficient (Wildman–Crippen LogP) is 3.40. The molecule has 0 aliphatic rings. The SMILES string of the molecule is CCOc1ccc(C(=O)Nc2nc(C)cc(C)n2)cc1Cl. The molecular weight excluding hydrogens is 290 g/mol. The lowest BCUT2D eigenvalue weighted by molar-refractivity contribution is 0.102. The summed E-state index contributed by atoms with van der Waals surface area (Å²) in [6.07, 6.45) is 0. The first-order valence-corrected chi connectivity index (χ1v) is 6.93. The number of hydrogen-bond donors (Lipinski definition) is 1. The maximum absolute atomic E-state index is 12.2. The zero-order chi connectivity index (χ0) is 15.4. The lowest BCUT2D eigenvalue weighted by atomic mass is 10.2. The molecule has 1 aromatic carbocycles. The number of anilines is 1. The van der Waals surface area contributed by atoms with Crippen molar-refractivity contribution in [3.63, 3.8) is 0 Å². The van der Waals surface area contributed by atoms with Gasteiger partial charge in [0.15, 0.2) is 0 Å². The third kappa shape index (κ3) is 3.92. The monoisotopic (exact) mass is 305 g/mol. The Hall–Kier alpha value is -2.14. The lowest BCUT2D eigenvalue weighted by Crippen LogP contribution is -2.15. The smallest absolute Gasteiger partial charge is 0.258 e. The Kier molecular flexibility index (Phi) is 4.75. The third-order valence-corrected chi connectivity index (χ3v) is 3.00. The van der Waals surface area contributed by atoms with Crippen LogP contribution < -0.4 is 10.1 Å². The molecular formula is C15H16ClN3O2. The Balaban J connectivity index is 2.18. The van der Waals surface area contributed by atoms with E-state index in [1.54, 1.807) is 18.2 Å². The first-order valence-electron chi connectivity index (χ1n) is 6.55. The van der Waals surface area contributed by atoms with Crippen LogP contribution in [0.1, 0.15) is 28.7 Å². The van der Waals surface area contributed by atoms with E-state index in [4.69, 9.17) is 16.3 Å². The highest BCUT2D eigenvalue weighted by Gasteiger charge is 2.11. The third-order valence-electron chi connectivity index (χ3n) is 2.70. The molecule has 0 saturated carbocycles. The molecule has 1 amide bonds. The summed E-state index contributed by atoms with van der Waals surface area (Å²) in [5.41, 5.74) is 2.01. The van der Waals surface area contributed by atoms with Crippen molar-refractivity contribution in [3.8, 4) is 5.75 Å². The second-order valence-corrected chi connectivity index (χ2v) is 4.91. The van der Waals surface area contributed by atoms with E-state index in [0.29, 0.717) is 22.9 Å². The van der Waals surface area contributed by atoms with Crippen molar-refractivity contribution in [1.29, 1.82) is 0 Å². The van der Waals surface area contributed by atoms with Crippen molar-refractivity contribution < 1.29 is 9.53 Å². The number of nitrogens with one attached hydrogen (secondary N) is 1. The van der Waals surface area contributed by atoms with Gasteiger partial charge in [-0.2, -0.15) is 0 Å². The Morgan fingerprint density at radius 1 is 1.24 bits per heavy atom. The number of carbonyl (C=O) groups excluding carboxylic acids is 1. The van der Waals surface area contributed by atoms with E-state index in [2.05, 4.69) is 15.3 Å². The highest BCUT2D eigenvalue weighted by atomic mass is 35.5. The maximum Gasteiger partial charge on any atom is 0.258 e. The number of ether oxygens (including phenoxy) is 1. The number of amides is 1. The van der Waals surface area contributed by atoms with Crippen LogP contribution in [0.5, 0.6) is 5.75 Å². The van der Waals surface area contributed by atoms with Gasteiger partial charge < -0.3 is 4.74 Å². The fourth-order valence-corrected chi connectivity index (χ4v) is 2.11. The molecule has 0 radical (unpaired) electrons. The first kappa shape index (κ1) is 15.3. The van der Waals surface area contributed by atoms with Gasteiger partial charge in [-0.1, -0.05) is 11.6 Å². The van der Waals surface area contributed by atoms with E-state index in [9.17, 15) is 4.79 Å². The van der Waals surface area contributed by atoms with Crippen LogP contribution in [0.25, 0.3) is 0 Å². The lowest BCUT2D eigenvalue weighted by Gasteiger charge is -2.08. The van der Waals surface area contributed by atoms with Crippen molar-refractivity contribution in [2.75, 3.05) is 11.9 Å². The fourth-order valence-electron chi connectivity index (χ4n) is 1.87. The second-order valence-electron chi connectivity index (χ2n) is 4.51. The minimum atomic E-state index is -0.315. The number of rotatable bonds is 4. The summed E-state index contributed by atoms with van der Waals surface area (Å²) in [5, 5.41) is 3.05. The van der Waals surface area contributed by atoms with Crippen molar-refractivity contribution in [1.82, 2.24) is 9.97 Å². The van der Waals surface area contributed by atoms with E-state index in [1.807, 2.05) is 26.8 Å². The standard InChI is InChI=1S/C15H16ClN3O2/c1-4-21-13-6-5-11(8-12(13)16)14(20)19-15-17-9(2)7-10(3)18-15/h5-8H,4H2,1-3H3,(H,17,18,19,20). The average Bonchev–Trinajstić information content (AvgIpc) is 2.40. The minimum absolute atomic E-state index is 0.280. The molecule has 0 aliphatic heterocycles. The average molecular weight is 306 g/mol. The zero-order valence-electron chi connectivity index (χ0n) is 12.1. The van der Waals surface area contributed by atoms with Crippen LogP contribution in [-0.2, 0) is 0 Å². The number of nitrogens with zero attached hydrogens (tertiary/aromatic N) is 2. The van der Waals surface area contributed by atoms with Gasteiger partial charge >= 0.3 is 0 Å². The Morgan fingerprint density at radius 3 is 2.48 bits per heavy atom. The van der Waals surface area contributed by atoms with Crippen LogP contribution in [-0.4, -0.2) is 22.5 Å². The van der Waals surface area contributed by atoms with Gasteiger partial charge in [0.05, 0.1) is 11.6 Å². The molecule has 0 unspecified atom stereocenters. The van der Waals surface area contributed by atoms with Gasteiger partial charge in [-0.15, -0.1) is 0 Å². The summed E-state index contributed by atoms with van der Waals surface area (Å²) >= 11 is 6.07. The predicted molar refractivity (Wildman–Crippen MR) is 82.1 cm³/mol. The number of aryl methyl sites for hydroxylation is 2. The van der Waals surface area contributed by atoms with Gasteiger partial charge in [-0.25, -0.2) is 9.97 Å². The molecule has 2 rings (SSSR count). The van der Waals surface area contributed by atoms with E-state index < -0.39 is 0 Å². The van der Waals surface area contributed by atoms with E-state index in [0.717, 1.165) is 11.4 Å². The number of carbonyl (C=O) groups is 1.